The van der Waals surface area contributed by atoms with E-state index in [4.69, 9.17) is 4.74 Å². The molecule has 0 N–H and O–H groups in total. The Morgan fingerprint density at radius 1 is 0.966 bits per heavy atom. The Kier molecular flexibility index (Phi) is 18.7. The summed E-state index contributed by atoms with van der Waals surface area (Å²) in [5, 5.41) is 11.6. The van der Waals surface area contributed by atoms with Crippen molar-refractivity contribution in [1.82, 2.24) is 4.90 Å². The number of carboxylic acid groups (broad SMARTS) is 1. The average molecular weight is 415 g/mol. The van der Waals surface area contributed by atoms with Gasteiger partial charge in [-0.25, -0.2) is 0 Å². The number of hydrogen-bond acceptors (Lipinski definition) is 6. The smallest absolute Gasteiger partial charge is 0.548 e. The van der Waals surface area contributed by atoms with Gasteiger partial charge in [-0.3, -0.25) is 19.3 Å². The summed E-state index contributed by atoms with van der Waals surface area (Å²) in [4.78, 5) is 49.2. The predicted octanol–water partition coefficient (Wildman–Crippen LogP) is -0.924. The molecular formula is C21H30NNaO6. The number of rotatable bonds is 14. The second-order valence-electron chi connectivity index (χ2n) is 6.00. The Labute approximate surface area is 195 Å². The molecule has 7 nitrogen and oxygen atoms in total. The van der Waals surface area contributed by atoms with Gasteiger partial charge in [0.25, 0.3) is 0 Å². The van der Waals surface area contributed by atoms with Crippen LogP contribution in [0, 0.1) is 0 Å². The number of carboxylic acids is 1. The molecule has 0 fully saturated rings. The van der Waals surface area contributed by atoms with Crippen LogP contribution < -0.4 is 34.7 Å². The SMILES string of the molecule is C=CCOC(=O)CC(C(=O)[O-])N(C(=O)CC/C=C/CC)C(=O)CC/C=C/CC.[Na+]. The number of esters is 1. The second-order valence-corrected chi connectivity index (χ2v) is 6.00. The van der Waals surface area contributed by atoms with Crippen LogP contribution in [0.5, 0.6) is 0 Å². The summed E-state index contributed by atoms with van der Waals surface area (Å²) in [5.41, 5.74) is 0. The normalized spacial score (nSPS) is 11.7. The molecule has 1 atom stereocenters. The first kappa shape index (κ1) is 29.5. The van der Waals surface area contributed by atoms with Crippen molar-refractivity contribution in [2.45, 2.75) is 64.8 Å². The summed E-state index contributed by atoms with van der Waals surface area (Å²) in [5.74, 6) is -3.84. The van der Waals surface area contributed by atoms with Gasteiger partial charge in [-0.05, 0) is 25.7 Å². The molecule has 0 heterocycles. The Balaban J connectivity index is 0. The van der Waals surface area contributed by atoms with Gasteiger partial charge in [-0.1, -0.05) is 50.8 Å². The van der Waals surface area contributed by atoms with Gasteiger partial charge in [0.05, 0.1) is 18.4 Å². The molecule has 29 heavy (non-hydrogen) atoms. The van der Waals surface area contributed by atoms with E-state index in [0.29, 0.717) is 17.7 Å². The third-order valence-electron chi connectivity index (χ3n) is 3.70. The molecule has 156 valence electrons. The standard InChI is InChI=1S/C21H31NO6.Na/c1-4-7-9-11-13-18(23)22(19(24)14-12-10-8-5-2)17(21(26)27)16-20(25)28-15-6-3;/h6-10,17H,3-5,11-16H2,1-2H3,(H,26,27);/q;+1/p-1/b9-7+,10-8+;. The van der Waals surface area contributed by atoms with Crippen LogP contribution in [0.2, 0.25) is 0 Å². The quantitative estimate of drug-likeness (QED) is 0.206. The second kappa shape index (κ2) is 18.3. The van der Waals surface area contributed by atoms with Gasteiger partial charge in [-0.15, -0.1) is 0 Å². The first-order valence-electron chi connectivity index (χ1n) is 9.51. The molecule has 0 bridgehead atoms. The number of aliphatic carboxylic acids is 1. The van der Waals surface area contributed by atoms with Gasteiger partial charge in [-0.2, -0.15) is 0 Å². The first-order valence-corrected chi connectivity index (χ1v) is 9.51. The van der Waals surface area contributed by atoms with Crippen LogP contribution in [-0.2, 0) is 23.9 Å². The minimum absolute atomic E-state index is 0. The van der Waals surface area contributed by atoms with E-state index < -0.39 is 36.2 Å². The van der Waals surface area contributed by atoms with Gasteiger partial charge in [0.2, 0.25) is 11.8 Å². The molecule has 0 aliphatic heterocycles. The zero-order valence-electron chi connectivity index (χ0n) is 17.7. The molecule has 0 saturated heterocycles. The minimum Gasteiger partial charge on any atom is -0.548 e. The third-order valence-corrected chi connectivity index (χ3v) is 3.70. The molecule has 0 aliphatic rings. The average Bonchev–Trinajstić information content (AvgIpc) is 2.66. The molecule has 0 aromatic heterocycles. The van der Waals surface area contributed by atoms with Gasteiger partial charge in [0, 0.05) is 12.8 Å². The van der Waals surface area contributed by atoms with E-state index in [1.165, 1.54) is 6.08 Å². The Morgan fingerprint density at radius 3 is 1.83 bits per heavy atom. The molecule has 0 aromatic rings. The summed E-state index contributed by atoms with van der Waals surface area (Å²) in [6.07, 6.45) is 10.2. The molecule has 2 amide bonds. The molecular weight excluding hydrogens is 385 g/mol. The fourth-order valence-corrected chi connectivity index (χ4v) is 2.36. The maximum Gasteiger partial charge on any atom is 1.00 e. The van der Waals surface area contributed by atoms with Gasteiger partial charge in [0.1, 0.15) is 6.61 Å². The zero-order chi connectivity index (χ0) is 21.4. The monoisotopic (exact) mass is 415 g/mol. The Bertz CT molecular complexity index is 570. The number of nitrogens with zero attached hydrogens (tertiary/aromatic N) is 1. The van der Waals surface area contributed by atoms with Crippen molar-refractivity contribution in [2.24, 2.45) is 0 Å². The number of imide groups is 1. The molecule has 0 spiro atoms. The van der Waals surface area contributed by atoms with E-state index in [-0.39, 0.29) is 49.0 Å². The van der Waals surface area contributed by atoms with Crippen molar-refractivity contribution in [3.8, 4) is 0 Å². The summed E-state index contributed by atoms with van der Waals surface area (Å²) in [6.45, 7) is 7.19. The largest absolute Gasteiger partial charge is 1.00 e. The molecule has 0 saturated carbocycles. The van der Waals surface area contributed by atoms with Crippen LogP contribution in [0.3, 0.4) is 0 Å². The number of ether oxygens (including phenoxy) is 1. The van der Waals surface area contributed by atoms with Crippen LogP contribution in [-0.4, -0.2) is 41.3 Å². The third kappa shape index (κ3) is 13.2. The van der Waals surface area contributed by atoms with E-state index in [0.717, 1.165) is 12.8 Å². The molecule has 0 radical (unpaired) electrons. The van der Waals surface area contributed by atoms with Crippen LogP contribution in [0.15, 0.2) is 37.0 Å². The summed E-state index contributed by atoms with van der Waals surface area (Å²) in [6, 6.07) is -1.71. The van der Waals surface area contributed by atoms with E-state index >= 15 is 0 Å². The van der Waals surface area contributed by atoms with Crippen molar-refractivity contribution >= 4 is 23.8 Å². The van der Waals surface area contributed by atoms with Crippen molar-refractivity contribution in [3.05, 3.63) is 37.0 Å². The van der Waals surface area contributed by atoms with E-state index in [9.17, 15) is 24.3 Å². The Hall–Kier alpha value is -1.70. The fraction of sp³-hybridized carbons (Fsp3) is 0.524. The molecule has 1 unspecified atom stereocenters. The maximum absolute atomic E-state index is 12.6. The molecule has 0 aliphatic carbocycles. The number of carbonyl (C=O) groups is 4. The summed E-state index contributed by atoms with van der Waals surface area (Å²) < 4.78 is 4.79. The van der Waals surface area contributed by atoms with Crippen molar-refractivity contribution in [1.29, 1.82) is 0 Å². The minimum atomic E-state index is -1.71. The van der Waals surface area contributed by atoms with Gasteiger partial charge >= 0.3 is 35.5 Å². The molecule has 0 aromatic carbocycles. The van der Waals surface area contributed by atoms with Crippen molar-refractivity contribution in [2.75, 3.05) is 6.61 Å². The van der Waals surface area contributed by atoms with Crippen LogP contribution in [0.1, 0.15) is 58.8 Å². The number of hydrogen-bond donors (Lipinski definition) is 0. The van der Waals surface area contributed by atoms with Crippen molar-refractivity contribution < 1.29 is 58.6 Å². The number of amides is 2. The van der Waals surface area contributed by atoms with Gasteiger partial charge < -0.3 is 14.6 Å². The van der Waals surface area contributed by atoms with E-state index in [2.05, 4.69) is 6.58 Å². The van der Waals surface area contributed by atoms with Crippen molar-refractivity contribution in [3.63, 3.8) is 0 Å². The topological polar surface area (TPSA) is 104 Å². The first-order chi connectivity index (χ1) is 13.4. The van der Waals surface area contributed by atoms with Crippen LogP contribution >= 0.6 is 0 Å². The zero-order valence-corrected chi connectivity index (χ0v) is 19.7. The van der Waals surface area contributed by atoms with E-state index in [1.54, 1.807) is 12.2 Å². The maximum atomic E-state index is 12.6. The van der Waals surface area contributed by atoms with Gasteiger partial charge in [0.15, 0.2) is 0 Å². The fourth-order valence-electron chi connectivity index (χ4n) is 2.36. The Morgan fingerprint density at radius 2 is 1.45 bits per heavy atom. The summed E-state index contributed by atoms with van der Waals surface area (Å²) >= 11 is 0. The predicted molar refractivity (Wildman–Crippen MR) is 104 cm³/mol. The number of allylic oxidation sites excluding steroid dienone is 4. The number of carbonyl (C=O) groups excluding carboxylic acids is 4. The summed E-state index contributed by atoms with van der Waals surface area (Å²) in [7, 11) is 0. The molecule has 0 rings (SSSR count). The van der Waals surface area contributed by atoms with E-state index in [1.807, 2.05) is 26.0 Å². The van der Waals surface area contributed by atoms with Crippen LogP contribution in [0.4, 0.5) is 0 Å². The van der Waals surface area contributed by atoms with Crippen LogP contribution in [0.25, 0.3) is 0 Å². The molecule has 8 heteroatoms.